The Hall–Kier alpha value is -1.95. The molecule has 7 heteroatoms. The summed E-state index contributed by atoms with van der Waals surface area (Å²) in [6, 6.07) is 9.66. The standard InChI is InChI=1S/C24H25Cl2N3O2/c1-31-16-7-10-20(19(26)13-16)28-11-2-12-29-22-17(8-9-18(25)21(22)27-23(28)29)24(30,14-3-4-14)15-5-6-15/h7-10,13-15,30H,2-6,11-12H2,1H3. The van der Waals surface area contributed by atoms with Crippen molar-refractivity contribution in [2.75, 3.05) is 18.6 Å². The van der Waals surface area contributed by atoms with Crippen molar-refractivity contribution >= 4 is 45.9 Å². The lowest BCUT2D eigenvalue weighted by Crippen LogP contribution is -2.33. The molecule has 31 heavy (non-hydrogen) atoms. The minimum Gasteiger partial charge on any atom is -0.497 e. The lowest BCUT2D eigenvalue weighted by Gasteiger charge is -2.32. The van der Waals surface area contributed by atoms with Gasteiger partial charge in [0.15, 0.2) is 0 Å². The highest BCUT2D eigenvalue weighted by Gasteiger charge is 2.55. The van der Waals surface area contributed by atoms with Crippen LogP contribution in [0.2, 0.25) is 10.0 Å². The van der Waals surface area contributed by atoms with E-state index in [0.717, 1.165) is 79.2 Å². The van der Waals surface area contributed by atoms with Crippen LogP contribution in [-0.4, -0.2) is 28.3 Å². The molecule has 2 aliphatic carbocycles. The van der Waals surface area contributed by atoms with Gasteiger partial charge in [-0.1, -0.05) is 29.3 Å². The second-order valence-electron chi connectivity index (χ2n) is 9.05. The second-order valence-corrected chi connectivity index (χ2v) is 9.87. The van der Waals surface area contributed by atoms with E-state index in [-0.39, 0.29) is 0 Å². The van der Waals surface area contributed by atoms with Gasteiger partial charge in [0.05, 0.1) is 34.0 Å². The van der Waals surface area contributed by atoms with Crippen molar-refractivity contribution in [3.8, 4) is 5.75 Å². The number of anilines is 2. The summed E-state index contributed by atoms with van der Waals surface area (Å²) < 4.78 is 7.54. The number of aromatic nitrogens is 2. The van der Waals surface area contributed by atoms with Gasteiger partial charge in [0, 0.05) is 24.7 Å². The predicted molar refractivity (Wildman–Crippen MR) is 124 cm³/mol. The Balaban J connectivity index is 1.55. The van der Waals surface area contributed by atoms with Crippen molar-refractivity contribution in [1.82, 2.24) is 9.55 Å². The number of methoxy groups -OCH3 is 1. The summed E-state index contributed by atoms with van der Waals surface area (Å²) in [5.74, 6) is 2.23. The number of aryl methyl sites for hydroxylation is 1. The molecule has 0 saturated heterocycles. The van der Waals surface area contributed by atoms with Crippen LogP contribution in [0.1, 0.15) is 37.7 Å². The first kappa shape index (κ1) is 19.7. The average molecular weight is 458 g/mol. The van der Waals surface area contributed by atoms with Crippen molar-refractivity contribution in [2.24, 2.45) is 11.8 Å². The van der Waals surface area contributed by atoms with E-state index in [1.165, 1.54) is 0 Å². The van der Waals surface area contributed by atoms with Crippen LogP contribution in [0.5, 0.6) is 5.75 Å². The zero-order valence-electron chi connectivity index (χ0n) is 17.4. The highest BCUT2D eigenvalue weighted by atomic mass is 35.5. The molecule has 0 unspecified atom stereocenters. The molecular weight excluding hydrogens is 433 g/mol. The van der Waals surface area contributed by atoms with Crippen molar-refractivity contribution < 1.29 is 9.84 Å². The average Bonchev–Trinajstić information content (AvgIpc) is 3.69. The highest BCUT2D eigenvalue weighted by molar-refractivity contribution is 6.35. The van der Waals surface area contributed by atoms with Crippen LogP contribution >= 0.6 is 23.2 Å². The lowest BCUT2D eigenvalue weighted by molar-refractivity contribution is -0.00907. The number of ether oxygens (including phenoxy) is 1. The molecule has 5 nitrogen and oxygen atoms in total. The zero-order valence-corrected chi connectivity index (χ0v) is 19.0. The van der Waals surface area contributed by atoms with Gasteiger partial charge < -0.3 is 19.3 Å². The first-order valence-corrected chi connectivity index (χ1v) is 11.8. The lowest BCUT2D eigenvalue weighted by atomic mass is 9.83. The van der Waals surface area contributed by atoms with Gasteiger partial charge in [-0.2, -0.15) is 0 Å². The summed E-state index contributed by atoms with van der Waals surface area (Å²) in [6.45, 7) is 1.66. The molecule has 1 N–H and O–H groups in total. The Morgan fingerprint density at radius 1 is 1.03 bits per heavy atom. The molecule has 162 valence electrons. The van der Waals surface area contributed by atoms with Crippen molar-refractivity contribution in [2.45, 2.75) is 44.2 Å². The third kappa shape index (κ3) is 2.97. The van der Waals surface area contributed by atoms with Crippen LogP contribution in [0.25, 0.3) is 11.0 Å². The monoisotopic (exact) mass is 457 g/mol. The minimum absolute atomic E-state index is 0.339. The molecule has 0 atom stereocenters. The molecule has 0 bridgehead atoms. The first-order valence-electron chi connectivity index (χ1n) is 11.0. The minimum atomic E-state index is -0.778. The maximum atomic E-state index is 11.9. The molecule has 2 saturated carbocycles. The van der Waals surface area contributed by atoms with Gasteiger partial charge in [-0.15, -0.1) is 0 Å². The number of halogens is 2. The fourth-order valence-corrected chi connectivity index (χ4v) is 5.77. The molecule has 3 aliphatic rings. The van der Waals surface area contributed by atoms with Gasteiger partial charge in [0.1, 0.15) is 11.3 Å². The van der Waals surface area contributed by atoms with Gasteiger partial charge in [-0.05, 0) is 62.1 Å². The molecule has 1 aromatic heterocycles. The normalized spacial score (nSPS) is 19.0. The van der Waals surface area contributed by atoms with Crippen LogP contribution in [0.15, 0.2) is 30.3 Å². The molecule has 0 radical (unpaired) electrons. The van der Waals surface area contributed by atoms with Crippen molar-refractivity contribution in [3.05, 3.63) is 45.9 Å². The van der Waals surface area contributed by atoms with Gasteiger partial charge >= 0.3 is 0 Å². The van der Waals surface area contributed by atoms with Crippen molar-refractivity contribution in [1.29, 1.82) is 0 Å². The zero-order chi connectivity index (χ0) is 21.3. The molecule has 0 spiro atoms. The van der Waals surface area contributed by atoms with Gasteiger partial charge in [0.25, 0.3) is 0 Å². The summed E-state index contributed by atoms with van der Waals surface area (Å²) in [4.78, 5) is 7.14. The third-order valence-corrected chi connectivity index (χ3v) is 7.71. The number of hydrogen-bond donors (Lipinski definition) is 1. The summed E-state index contributed by atoms with van der Waals surface area (Å²) in [5.41, 5.74) is 2.87. The summed E-state index contributed by atoms with van der Waals surface area (Å²) >= 11 is 13.3. The maximum absolute atomic E-state index is 11.9. The number of rotatable bonds is 5. The summed E-state index contributed by atoms with van der Waals surface area (Å²) in [5, 5.41) is 13.2. The van der Waals surface area contributed by atoms with E-state index >= 15 is 0 Å². The molecule has 2 fully saturated rings. The smallest absolute Gasteiger partial charge is 0.211 e. The largest absolute Gasteiger partial charge is 0.497 e. The maximum Gasteiger partial charge on any atom is 0.211 e. The van der Waals surface area contributed by atoms with E-state index < -0.39 is 5.60 Å². The Kier molecular flexibility index (Phi) is 4.47. The van der Waals surface area contributed by atoms with E-state index in [2.05, 4.69) is 9.47 Å². The molecule has 2 heterocycles. The topological polar surface area (TPSA) is 50.5 Å². The van der Waals surface area contributed by atoms with Gasteiger partial charge in [0.2, 0.25) is 5.95 Å². The number of fused-ring (bicyclic) bond motifs is 3. The number of hydrogen-bond acceptors (Lipinski definition) is 4. The Bertz CT molecular complexity index is 1170. The van der Waals surface area contributed by atoms with Crippen LogP contribution in [0.4, 0.5) is 11.6 Å². The summed E-state index contributed by atoms with van der Waals surface area (Å²) in [7, 11) is 1.63. The molecule has 6 rings (SSSR count). The molecule has 1 aliphatic heterocycles. The van der Waals surface area contributed by atoms with E-state index in [0.29, 0.717) is 21.9 Å². The molecular formula is C24H25Cl2N3O2. The Morgan fingerprint density at radius 3 is 2.42 bits per heavy atom. The fraction of sp³-hybridized carbons (Fsp3) is 0.458. The van der Waals surface area contributed by atoms with E-state index in [1.54, 1.807) is 7.11 Å². The molecule has 2 aromatic carbocycles. The number of nitrogens with zero attached hydrogens (tertiary/aromatic N) is 3. The van der Waals surface area contributed by atoms with E-state index in [9.17, 15) is 5.11 Å². The van der Waals surface area contributed by atoms with Gasteiger partial charge in [-0.3, -0.25) is 0 Å². The van der Waals surface area contributed by atoms with Crippen LogP contribution < -0.4 is 9.64 Å². The summed E-state index contributed by atoms with van der Waals surface area (Å²) in [6.07, 6.45) is 5.31. The Labute approximate surface area is 191 Å². The number of benzene rings is 2. The van der Waals surface area contributed by atoms with E-state index in [4.69, 9.17) is 32.9 Å². The van der Waals surface area contributed by atoms with E-state index in [1.807, 2.05) is 30.3 Å². The van der Waals surface area contributed by atoms with Crippen LogP contribution in [0, 0.1) is 11.8 Å². The van der Waals surface area contributed by atoms with Crippen LogP contribution in [0.3, 0.4) is 0 Å². The number of aliphatic hydroxyl groups is 1. The molecule has 3 aromatic rings. The quantitative estimate of drug-likeness (QED) is 0.517. The fourth-order valence-electron chi connectivity index (χ4n) is 5.30. The molecule has 0 amide bonds. The predicted octanol–water partition coefficient (Wildman–Crippen LogP) is 5.90. The SMILES string of the molecule is COc1ccc(N2CCCn3c2nc2c(Cl)ccc(C(O)(C4CC4)C4CC4)c23)c(Cl)c1. The third-order valence-electron chi connectivity index (χ3n) is 7.11. The second kappa shape index (κ2) is 7.03. The Morgan fingerprint density at radius 2 is 1.77 bits per heavy atom. The first-order chi connectivity index (χ1) is 15.0. The van der Waals surface area contributed by atoms with Crippen LogP contribution in [-0.2, 0) is 12.1 Å². The van der Waals surface area contributed by atoms with Crippen molar-refractivity contribution in [3.63, 3.8) is 0 Å². The van der Waals surface area contributed by atoms with Gasteiger partial charge in [-0.25, -0.2) is 4.98 Å². The number of imidazole rings is 1. The highest BCUT2D eigenvalue weighted by Crippen LogP contribution is 2.59.